The quantitative estimate of drug-likeness (QED) is 0.712. The highest BCUT2D eigenvalue weighted by Crippen LogP contribution is 2.18. The van der Waals surface area contributed by atoms with Gasteiger partial charge < -0.3 is 10.1 Å². The van der Waals surface area contributed by atoms with E-state index in [2.05, 4.69) is 22.3 Å². The molecule has 27 heavy (non-hydrogen) atoms. The smallest absolute Gasteiger partial charge is 0.270 e. The maximum Gasteiger partial charge on any atom is 0.270 e. The van der Waals surface area contributed by atoms with Crippen molar-refractivity contribution in [1.82, 2.24) is 15.1 Å². The SMILES string of the molecule is Cc1ccccc1OCC#CCNC(=O)c1cc(-c2ccccc2)nn1C. The highest BCUT2D eigenvalue weighted by atomic mass is 16.5. The first kappa shape index (κ1) is 18.3. The lowest BCUT2D eigenvalue weighted by molar-refractivity contribution is 0.0949. The highest BCUT2D eigenvalue weighted by Gasteiger charge is 2.13. The van der Waals surface area contributed by atoms with Crippen LogP contribution >= 0.6 is 0 Å². The minimum atomic E-state index is -0.207. The number of nitrogens with zero attached hydrogens (tertiary/aromatic N) is 2. The molecule has 0 unspecified atom stereocenters. The Balaban J connectivity index is 1.52. The molecule has 0 aliphatic carbocycles. The number of rotatable bonds is 5. The number of aromatic nitrogens is 2. The Kier molecular flexibility index (Phi) is 5.91. The number of carbonyl (C=O) groups excluding carboxylic acids is 1. The van der Waals surface area contributed by atoms with Crippen LogP contribution in [0.25, 0.3) is 11.3 Å². The van der Waals surface area contributed by atoms with Crippen molar-refractivity contribution in [2.75, 3.05) is 13.2 Å². The molecule has 1 heterocycles. The third-order valence-electron chi connectivity index (χ3n) is 4.04. The van der Waals surface area contributed by atoms with Crippen molar-refractivity contribution in [3.05, 3.63) is 71.9 Å². The van der Waals surface area contributed by atoms with Gasteiger partial charge in [-0.1, -0.05) is 60.4 Å². The fourth-order valence-electron chi connectivity index (χ4n) is 2.59. The molecular formula is C22H21N3O2. The van der Waals surface area contributed by atoms with Gasteiger partial charge in [-0.15, -0.1) is 0 Å². The van der Waals surface area contributed by atoms with Crippen molar-refractivity contribution in [2.45, 2.75) is 6.92 Å². The second kappa shape index (κ2) is 8.72. The molecule has 5 heteroatoms. The fraction of sp³-hybridized carbons (Fsp3) is 0.182. The molecule has 0 bridgehead atoms. The normalized spacial score (nSPS) is 10.0. The van der Waals surface area contributed by atoms with Crippen molar-refractivity contribution >= 4 is 5.91 Å². The van der Waals surface area contributed by atoms with Crippen LogP contribution in [0.5, 0.6) is 5.75 Å². The Hall–Kier alpha value is -3.52. The molecule has 0 spiro atoms. The fourth-order valence-corrected chi connectivity index (χ4v) is 2.59. The van der Waals surface area contributed by atoms with Gasteiger partial charge in [0.25, 0.3) is 5.91 Å². The number of ether oxygens (including phenoxy) is 1. The van der Waals surface area contributed by atoms with Crippen LogP contribution in [-0.2, 0) is 7.05 Å². The lowest BCUT2D eigenvalue weighted by Gasteiger charge is -2.04. The molecule has 3 aromatic rings. The first-order valence-corrected chi connectivity index (χ1v) is 8.67. The number of amides is 1. The molecule has 0 fully saturated rings. The minimum Gasteiger partial charge on any atom is -0.481 e. The summed E-state index contributed by atoms with van der Waals surface area (Å²) in [5.74, 6) is 6.41. The summed E-state index contributed by atoms with van der Waals surface area (Å²) >= 11 is 0. The summed E-state index contributed by atoms with van der Waals surface area (Å²) in [6, 6.07) is 19.3. The van der Waals surface area contributed by atoms with Crippen molar-refractivity contribution in [2.24, 2.45) is 7.05 Å². The third kappa shape index (κ3) is 4.77. The Morgan fingerprint density at radius 2 is 1.85 bits per heavy atom. The van der Waals surface area contributed by atoms with Crippen LogP contribution in [0.4, 0.5) is 0 Å². The second-order valence-electron chi connectivity index (χ2n) is 5.99. The zero-order chi connectivity index (χ0) is 19.1. The van der Waals surface area contributed by atoms with Crippen molar-refractivity contribution < 1.29 is 9.53 Å². The Morgan fingerprint density at radius 3 is 2.63 bits per heavy atom. The Labute approximate surface area is 159 Å². The monoisotopic (exact) mass is 359 g/mol. The van der Waals surface area contributed by atoms with Gasteiger partial charge in [-0.05, 0) is 24.6 Å². The molecule has 1 N–H and O–H groups in total. The van der Waals surface area contributed by atoms with E-state index >= 15 is 0 Å². The Morgan fingerprint density at radius 1 is 1.11 bits per heavy atom. The van der Waals surface area contributed by atoms with Gasteiger partial charge in [0.2, 0.25) is 0 Å². The van der Waals surface area contributed by atoms with Gasteiger partial charge in [-0.25, -0.2) is 0 Å². The number of hydrogen-bond acceptors (Lipinski definition) is 3. The largest absolute Gasteiger partial charge is 0.481 e. The molecule has 0 aliphatic rings. The molecule has 1 aromatic heterocycles. The lowest BCUT2D eigenvalue weighted by Crippen LogP contribution is -2.25. The summed E-state index contributed by atoms with van der Waals surface area (Å²) in [6.45, 7) is 2.52. The zero-order valence-corrected chi connectivity index (χ0v) is 15.4. The van der Waals surface area contributed by atoms with E-state index in [4.69, 9.17) is 4.74 Å². The number of nitrogens with one attached hydrogen (secondary N) is 1. The van der Waals surface area contributed by atoms with Gasteiger partial charge >= 0.3 is 0 Å². The van der Waals surface area contributed by atoms with E-state index in [9.17, 15) is 4.79 Å². The van der Waals surface area contributed by atoms with E-state index in [0.717, 1.165) is 22.6 Å². The number of aryl methyl sites for hydroxylation is 2. The van der Waals surface area contributed by atoms with Crippen molar-refractivity contribution in [3.8, 4) is 28.8 Å². The average molecular weight is 359 g/mol. The van der Waals surface area contributed by atoms with E-state index in [1.807, 2.05) is 61.5 Å². The lowest BCUT2D eigenvalue weighted by atomic mass is 10.1. The van der Waals surface area contributed by atoms with Gasteiger partial charge in [0, 0.05) is 12.6 Å². The highest BCUT2D eigenvalue weighted by molar-refractivity contribution is 5.93. The van der Waals surface area contributed by atoms with Crippen molar-refractivity contribution in [3.63, 3.8) is 0 Å². The molecule has 0 atom stereocenters. The van der Waals surface area contributed by atoms with Gasteiger partial charge in [0.1, 0.15) is 18.1 Å². The molecule has 2 aromatic carbocycles. The summed E-state index contributed by atoms with van der Waals surface area (Å²) in [6.07, 6.45) is 0. The predicted octanol–water partition coefficient (Wildman–Crippen LogP) is 3.21. The van der Waals surface area contributed by atoms with E-state index in [0.29, 0.717) is 5.69 Å². The molecule has 136 valence electrons. The van der Waals surface area contributed by atoms with Crippen LogP contribution in [-0.4, -0.2) is 28.8 Å². The molecule has 1 amide bonds. The first-order chi connectivity index (χ1) is 13.1. The molecular weight excluding hydrogens is 338 g/mol. The van der Waals surface area contributed by atoms with E-state index in [1.165, 1.54) is 0 Å². The topological polar surface area (TPSA) is 56.1 Å². The molecule has 0 saturated carbocycles. The second-order valence-corrected chi connectivity index (χ2v) is 5.99. The number of carbonyl (C=O) groups is 1. The average Bonchev–Trinajstić information content (AvgIpc) is 3.08. The van der Waals surface area contributed by atoms with E-state index in [1.54, 1.807) is 17.8 Å². The molecule has 3 rings (SSSR count). The van der Waals surface area contributed by atoms with Crippen LogP contribution in [0, 0.1) is 18.8 Å². The van der Waals surface area contributed by atoms with Gasteiger partial charge in [-0.2, -0.15) is 5.10 Å². The molecule has 0 radical (unpaired) electrons. The Bertz CT molecular complexity index is 982. The number of para-hydroxylation sites is 1. The van der Waals surface area contributed by atoms with E-state index < -0.39 is 0 Å². The first-order valence-electron chi connectivity index (χ1n) is 8.67. The third-order valence-corrected chi connectivity index (χ3v) is 4.04. The molecule has 5 nitrogen and oxygen atoms in total. The van der Waals surface area contributed by atoms with Crippen LogP contribution in [0.2, 0.25) is 0 Å². The van der Waals surface area contributed by atoms with Gasteiger partial charge in [0.05, 0.1) is 12.2 Å². The van der Waals surface area contributed by atoms with Crippen LogP contribution in [0.3, 0.4) is 0 Å². The molecule has 0 aliphatic heterocycles. The summed E-state index contributed by atoms with van der Waals surface area (Å²) in [4.78, 5) is 12.3. The van der Waals surface area contributed by atoms with Crippen LogP contribution < -0.4 is 10.1 Å². The summed E-state index contributed by atoms with van der Waals surface area (Å²) < 4.78 is 7.18. The zero-order valence-electron chi connectivity index (χ0n) is 15.4. The summed E-state index contributed by atoms with van der Waals surface area (Å²) in [5.41, 5.74) is 3.30. The van der Waals surface area contributed by atoms with Gasteiger partial charge in [-0.3, -0.25) is 9.48 Å². The van der Waals surface area contributed by atoms with Crippen LogP contribution in [0.1, 0.15) is 16.1 Å². The number of hydrogen-bond donors (Lipinski definition) is 1. The summed E-state index contributed by atoms with van der Waals surface area (Å²) in [5, 5.41) is 7.19. The van der Waals surface area contributed by atoms with E-state index in [-0.39, 0.29) is 19.1 Å². The predicted molar refractivity (Wildman–Crippen MR) is 105 cm³/mol. The maximum absolute atomic E-state index is 12.3. The van der Waals surface area contributed by atoms with Crippen molar-refractivity contribution in [1.29, 1.82) is 0 Å². The number of benzene rings is 2. The molecule has 0 saturated heterocycles. The summed E-state index contributed by atoms with van der Waals surface area (Å²) in [7, 11) is 1.75. The minimum absolute atomic E-state index is 0.207. The standard InChI is InChI=1S/C22H21N3O2/c1-17-10-6-7-13-21(17)27-15-9-8-14-23-22(26)20-16-19(24-25(20)2)18-11-4-3-5-12-18/h3-7,10-13,16H,14-15H2,1-2H3,(H,23,26). The van der Waals surface area contributed by atoms with Gasteiger partial charge in [0.15, 0.2) is 0 Å². The maximum atomic E-state index is 12.3. The van der Waals surface area contributed by atoms with Crippen LogP contribution in [0.15, 0.2) is 60.7 Å².